The molecular formula is C23H22N2O5. The van der Waals surface area contributed by atoms with Gasteiger partial charge in [-0.25, -0.2) is 4.79 Å². The van der Waals surface area contributed by atoms with Gasteiger partial charge in [0.15, 0.2) is 13.2 Å². The molecule has 0 aliphatic carbocycles. The number of nitrogens with one attached hydrogen (secondary N) is 2. The molecule has 7 heteroatoms. The van der Waals surface area contributed by atoms with Crippen LogP contribution in [0.25, 0.3) is 0 Å². The van der Waals surface area contributed by atoms with Crippen LogP contribution >= 0.6 is 0 Å². The number of carbonyl (C=O) groups is 2. The standard InChI is InChI=1S/C23H22N2O5/c1-28-21-9-5-8-19(14-21)25-22(26)15-30-23(27)16-29-20-12-10-18(11-13-20)24-17-6-3-2-4-7-17/h2-14,24H,15-16H2,1H3,(H,25,26). The predicted molar refractivity (Wildman–Crippen MR) is 114 cm³/mol. The van der Waals surface area contributed by atoms with Gasteiger partial charge in [0.25, 0.3) is 5.91 Å². The molecule has 0 atom stereocenters. The number of esters is 1. The van der Waals surface area contributed by atoms with Gasteiger partial charge in [0.05, 0.1) is 7.11 Å². The average molecular weight is 406 g/mol. The molecule has 0 aliphatic heterocycles. The highest BCUT2D eigenvalue weighted by atomic mass is 16.6. The number of amides is 1. The highest BCUT2D eigenvalue weighted by molar-refractivity contribution is 5.93. The van der Waals surface area contributed by atoms with E-state index in [2.05, 4.69) is 10.6 Å². The molecule has 0 radical (unpaired) electrons. The van der Waals surface area contributed by atoms with Gasteiger partial charge in [0, 0.05) is 23.1 Å². The van der Waals surface area contributed by atoms with E-state index in [9.17, 15) is 9.59 Å². The molecule has 3 aromatic carbocycles. The fourth-order valence-corrected chi connectivity index (χ4v) is 2.55. The lowest BCUT2D eigenvalue weighted by Gasteiger charge is -2.10. The van der Waals surface area contributed by atoms with E-state index >= 15 is 0 Å². The van der Waals surface area contributed by atoms with Crippen LogP contribution in [-0.2, 0) is 14.3 Å². The fraction of sp³-hybridized carbons (Fsp3) is 0.130. The summed E-state index contributed by atoms with van der Waals surface area (Å²) in [6.07, 6.45) is 0. The van der Waals surface area contributed by atoms with Crippen LogP contribution in [0.5, 0.6) is 11.5 Å². The van der Waals surface area contributed by atoms with Gasteiger partial charge in [0.1, 0.15) is 11.5 Å². The first-order valence-electron chi connectivity index (χ1n) is 9.27. The summed E-state index contributed by atoms with van der Waals surface area (Å²) >= 11 is 0. The van der Waals surface area contributed by atoms with Gasteiger partial charge in [-0.15, -0.1) is 0 Å². The summed E-state index contributed by atoms with van der Waals surface area (Å²) in [5.41, 5.74) is 2.42. The number of benzene rings is 3. The van der Waals surface area contributed by atoms with Gasteiger partial charge in [-0.05, 0) is 48.5 Å². The lowest BCUT2D eigenvalue weighted by Crippen LogP contribution is -2.23. The molecule has 0 saturated carbocycles. The van der Waals surface area contributed by atoms with Crippen molar-refractivity contribution in [2.45, 2.75) is 0 Å². The largest absolute Gasteiger partial charge is 0.497 e. The van der Waals surface area contributed by atoms with Crippen molar-refractivity contribution >= 4 is 28.9 Å². The number of hydrogen-bond acceptors (Lipinski definition) is 6. The van der Waals surface area contributed by atoms with Crippen molar-refractivity contribution in [3.05, 3.63) is 78.9 Å². The third-order valence-electron chi connectivity index (χ3n) is 3.99. The van der Waals surface area contributed by atoms with E-state index in [1.54, 1.807) is 36.4 Å². The highest BCUT2D eigenvalue weighted by Gasteiger charge is 2.09. The first-order chi connectivity index (χ1) is 14.6. The van der Waals surface area contributed by atoms with E-state index in [0.29, 0.717) is 17.2 Å². The maximum absolute atomic E-state index is 11.9. The maximum Gasteiger partial charge on any atom is 0.344 e. The molecule has 0 bridgehead atoms. The van der Waals surface area contributed by atoms with E-state index < -0.39 is 18.5 Å². The van der Waals surface area contributed by atoms with Crippen molar-refractivity contribution in [1.29, 1.82) is 0 Å². The molecule has 0 aromatic heterocycles. The van der Waals surface area contributed by atoms with Gasteiger partial charge in [-0.2, -0.15) is 0 Å². The van der Waals surface area contributed by atoms with Crippen molar-refractivity contribution in [2.24, 2.45) is 0 Å². The molecule has 0 fully saturated rings. The maximum atomic E-state index is 11.9. The Hall–Kier alpha value is -4.00. The SMILES string of the molecule is COc1cccc(NC(=O)COC(=O)COc2ccc(Nc3ccccc3)cc2)c1. The first kappa shape index (κ1) is 20.7. The normalized spacial score (nSPS) is 10.0. The van der Waals surface area contributed by atoms with Gasteiger partial charge in [0.2, 0.25) is 0 Å². The number of ether oxygens (including phenoxy) is 3. The summed E-state index contributed by atoms with van der Waals surface area (Å²) in [6.45, 7) is -0.697. The molecule has 0 unspecified atom stereocenters. The predicted octanol–water partition coefficient (Wildman–Crippen LogP) is 4.00. The van der Waals surface area contributed by atoms with Gasteiger partial charge >= 0.3 is 5.97 Å². The Labute approximate surface area is 174 Å². The number of rotatable bonds is 9. The molecule has 0 saturated heterocycles. The number of para-hydroxylation sites is 1. The van der Waals surface area contributed by atoms with Crippen molar-refractivity contribution < 1.29 is 23.8 Å². The smallest absolute Gasteiger partial charge is 0.344 e. The van der Waals surface area contributed by atoms with E-state index in [1.165, 1.54) is 7.11 Å². The van der Waals surface area contributed by atoms with E-state index in [-0.39, 0.29) is 6.61 Å². The Morgan fingerprint density at radius 3 is 2.20 bits per heavy atom. The van der Waals surface area contributed by atoms with Crippen LogP contribution in [0.3, 0.4) is 0 Å². The van der Waals surface area contributed by atoms with Crippen molar-refractivity contribution in [3.8, 4) is 11.5 Å². The molecule has 0 heterocycles. The number of methoxy groups -OCH3 is 1. The molecule has 154 valence electrons. The fourth-order valence-electron chi connectivity index (χ4n) is 2.55. The molecule has 1 amide bonds. The van der Waals surface area contributed by atoms with E-state index in [1.807, 2.05) is 42.5 Å². The molecular weight excluding hydrogens is 384 g/mol. The van der Waals surface area contributed by atoms with Crippen molar-refractivity contribution in [3.63, 3.8) is 0 Å². The minimum Gasteiger partial charge on any atom is -0.497 e. The van der Waals surface area contributed by atoms with Gasteiger partial charge in [-0.3, -0.25) is 4.79 Å². The Morgan fingerprint density at radius 1 is 0.767 bits per heavy atom. The number of carbonyl (C=O) groups excluding carboxylic acids is 2. The molecule has 3 rings (SSSR count). The van der Waals surface area contributed by atoms with Crippen LogP contribution < -0.4 is 20.1 Å². The zero-order chi connectivity index (χ0) is 21.2. The Kier molecular flexibility index (Phi) is 7.27. The van der Waals surface area contributed by atoms with E-state index in [0.717, 1.165) is 11.4 Å². The molecule has 0 spiro atoms. The second-order valence-corrected chi connectivity index (χ2v) is 6.24. The van der Waals surface area contributed by atoms with Crippen molar-refractivity contribution in [2.75, 3.05) is 31.0 Å². The third kappa shape index (κ3) is 6.56. The van der Waals surface area contributed by atoms with Crippen LogP contribution in [0.2, 0.25) is 0 Å². The zero-order valence-corrected chi connectivity index (χ0v) is 16.5. The molecule has 30 heavy (non-hydrogen) atoms. The molecule has 3 aromatic rings. The topological polar surface area (TPSA) is 85.9 Å². The van der Waals surface area contributed by atoms with Crippen LogP contribution in [-0.4, -0.2) is 32.2 Å². The van der Waals surface area contributed by atoms with Crippen LogP contribution in [0.15, 0.2) is 78.9 Å². The second-order valence-electron chi connectivity index (χ2n) is 6.24. The number of hydrogen-bond donors (Lipinski definition) is 2. The Bertz CT molecular complexity index is 974. The summed E-state index contributed by atoms with van der Waals surface area (Å²) < 4.78 is 15.4. The molecule has 2 N–H and O–H groups in total. The summed E-state index contributed by atoms with van der Waals surface area (Å²) in [6, 6.07) is 23.8. The molecule has 7 nitrogen and oxygen atoms in total. The Balaban J connectivity index is 1.39. The monoisotopic (exact) mass is 406 g/mol. The quantitative estimate of drug-likeness (QED) is 0.523. The first-order valence-corrected chi connectivity index (χ1v) is 9.27. The minimum atomic E-state index is -0.637. The second kappa shape index (κ2) is 10.5. The number of anilines is 3. The summed E-state index contributed by atoms with van der Waals surface area (Å²) in [7, 11) is 1.54. The average Bonchev–Trinajstić information content (AvgIpc) is 2.78. The van der Waals surface area contributed by atoms with Crippen LogP contribution in [0.1, 0.15) is 0 Å². The Morgan fingerprint density at radius 2 is 1.47 bits per heavy atom. The van der Waals surface area contributed by atoms with Crippen molar-refractivity contribution in [1.82, 2.24) is 0 Å². The van der Waals surface area contributed by atoms with Gasteiger partial charge < -0.3 is 24.8 Å². The lowest BCUT2D eigenvalue weighted by molar-refractivity contribution is -0.149. The van der Waals surface area contributed by atoms with Gasteiger partial charge in [-0.1, -0.05) is 24.3 Å². The minimum absolute atomic E-state index is 0.294. The lowest BCUT2D eigenvalue weighted by atomic mass is 10.2. The molecule has 0 aliphatic rings. The van der Waals surface area contributed by atoms with Crippen LogP contribution in [0, 0.1) is 0 Å². The summed E-state index contributed by atoms with van der Waals surface area (Å²) in [4.78, 5) is 23.7. The van der Waals surface area contributed by atoms with Crippen LogP contribution in [0.4, 0.5) is 17.1 Å². The summed E-state index contributed by atoms with van der Waals surface area (Å²) in [5, 5.41) is 5.88. The highest BCUT2D eigenvalue weighted by Crippen LogP contribution is 2.20. The van der Waals surface area contributed by atoms with E-state index in [4.69, 9.17) is 14.2 Å². The third-order valence-corrected chi connectivity index (χ3v) is 3.99. The summed E-state index contributed by atoms with van der Waals surface area (Å²) in [5.74, 6) is 0.0461. The zero-order valence-electron chi connectivity index (χ0n) is 16.5.